The van der Waals surface area contributed by atoms with Crippen LogP contribution in [-0.2, 0) is 9.59 Å². The number of nitrogens with one attached hydrogen (secondary N) is 1. The molecule has 2 amide bonds. The summed E-state index contributed by atoms with van der Waals surface area (Å²) >= 11 is 1.29. The van der Waals surface area contributed by atoms with Crippen molar-refractivity contribution in [2.75, 3.05) is 19.3 Å². The Labute approximate surface area is 142 Å². The molecule has 6 nitrogen and oxygen atoms in total. The summed E-state index contributed by atoms with van der Waals surface area (Å²) in [7, 11) is 1.62. The van der Waals surface area contributed by atoms with Gasteiger partial charge in [0.1, 0.15) is 0 Å². The summed E-state index contributed by atoms with van der Waals surface area (Å²) in [4.78, 5) is 34.1. The topological polar surface area (TPSA) is 75.2 Å². The fourth-order valence-corrected chi connectivity index (χ4v) is 2.68. The van der Waals surface area contributed by atoms with Gasteiger partial charge < -0.3 is 10.2 Å². The highest BCUT2D eigenvalue weighted by Crippen LogP contribution is 2.17. The summed E-state index contributed by atoms with van der Waals surface area (Å²) < 4.78 is 0. The Morgan fingerprint density at radius 2 is 1.65 bits per heavy atom. The number of hydrogen-bond acceptors (Lipinski definition) is 5. The lowest BCUT2D eigenvalue weighted by atomic mass is 10.1. The lowest BCUT2D eigenvalue weighted by Crippen LogP contribution is -2.46. The molecule has 23 heavy (non-hydrogen) atoms. The highest BCUT2D eigenvalue weighted by Gasteiger charge is 2.18. The predicted molar refractivity (Wildman–Crippen MR) is 92.5 cm³/mol. The molecule has 1 aromatic heterocycles. The summed E-state index contributed by atoms with van der Waals surface area (Å²) in [5.41, 5.74) is 2.60. The molecule has 1 heterocycles. The van der Waals surface area contributed by atoms with Crippen molar-refractivity contribution in [3.05, 3.63) is 17.0 Å². The van der Waals surface area contributed by atoms with Crippen molar-refractivity contribution in [1.29, 1.82) is 0 Å². The van der Waals surface area contributed by atoms with E-state index in [9.17, 15) is 9.59 Å². The molecule has 7 heteroatoms. The van der Waals surface area contributed by atoms with Gasteiger partial charge in [0, 0.05) is 24.0 Å². The van der Waals surface area contributed by atoms with Crippen molar-refractivity contribution in [3.8, 4) is 0 Å². The third-order valence-electron chi connectivity index (χ3n) is 3.26. The Morgan fingerprint density at radius 3 is 2.13 bits per heavy atom. The van der Waals surface area contributed by atoms with E-state index in [2.05, 4.69) is 15.3 Å². The number of aromatic nitrogens is 2. The summed E-state index contributed by atoms with van der Waals surface area (Å²) in [6, 6.07) is 0. The minimum atomic E-state index is -0.305. The number of carbonyl (C=O) groups excluding carboxylic acids is 2. The van der Waals surface area contributed by atoms with Crippen LogP contribution < -0.4 is 5.32 Å². The van der Waals surface area contributed by atoms with Crippen LogP contribution >= 0.6 is 11.8 Å². The van der Waals surface area contributed by atoms with Gasteiger partial charge in [0.2, 0.25) is 11.8 Å². The molecule has 0 aliphatic carbocycles. The summed E-state index contributed by atoms with van der Waals surface area (Å²) in [6.45, 7) is 11.6. The molecule has 0 spiro atoms. The van der Waals surface area contributed by atoms with Gasteiger partial charge in [-0.05, 0) is 47.1 Å². The molecule has 0 aliphatic heterocycles. The van der Waals surface area contributed by atoms with Gasteiger partial charge in [0.15, 0.2) is 5.16 Å². The van der Waals surface area contributed by atoms with Crippen LogP contribution in [0.15, 0.2) is 5.16 Å². The molecule has 1 aromatic rings. The molecule has 0 bridgehead atoms. The Balaban J connectivity index is 2.55. The normalized spacial score (nSPS) is 11.3. The first-order valence-corrected chi connectivity index (χ1v) is 8.48. The summed E-state index contributed by atoms with van der Waals surface area (Å²) in [5, 5.41) is 3.42. The van der Waals surface area contributed by atoms with Crippen LogP contribution in [0.2, 0.25) is 0 Å². The van der Waals surface area contributed by atoms with Crippen molar-refractivity contribution in [2.45, 2.75) is 52.2 Å². The van der Waals surface area contributed by atoms with E-state index < -0.39 is 0 Å². The monoisotopic (exact) mass is 338 g/mol. The van der Waals surface area contributed by atoms with Gasteiger partial charge in [-0.25, -0.2) is 9.97 Å². The van der Waals surface area contributed by atoms with E-state index in [1.165, 1.54) is 16.7 Å². The smallest absolute Gasteiger partial charge is 0.240 e. The zero-order chi connectivity index (χ0) is 17.8. The second-order valence-corrected chi connectivity index (χ2v) is 7.58. The maximum absolute atomic E-state index is 12.1. The van der Waals surface area contributed by atoms with Crippen molar-refractivity contribution in [1.82, 2.24) is 20.2 Å². The van der Waals surface area contributed by atoms with Crippen LogP contribution in [0.25, 0.3) is 0 Å². The van der Waals surface area contributed by atoms with Crippen molar-refractivity contribution in [2.24, 2.45) is 0 Å². The van der Waals surface area contributed by atoms with E-state index in [4.69, 9.17) is 0 Å². The number of rotatable bonds is 5. The van der Waals surface area contributed by atoms with E-state index in [1.807, 2.05) is 41.5 Å². The second-order valence-electron chi connectivity index (χ2n) is 6.64. The van der Waals surface area contributed by atoms with Gasteiger partial charge >= 0.3 is 0 Å². The van der Waals surface area contributed by atoms with Crippen LogP contribution in [0, 0.1) is 20.8 Å². The average molecular weight is 338 g/mol. The lowest BCUT2D eigenvalue weighted by molar-refractivity contribution is -0.133. The Hall–Kier alpha value is -1.63. The number of aryl methyl sites for hydroxylation is 2. The summed E-state index contributed by atoms with van der Waals surface area (Å²) in [6.07, 6.45) is 0. The third-order valence-corrected chi connectivity index (χ3v) is 4.09. The Morgan fingerprint density at radius 1 is 1.13 bits per heavy atom. The van der Waals surface area contributed by atoms with Gasteiger partial charge in [-0.1, -0.05) is 11.8 Å². The van der Waals surface area contributed by atoms with Gasteiger partial charge in [-0.2, -0.15) is 0 Å². The minimum absolute atomic E-state index is 0.0451. The molecule has 0 saturated carbocycles. The first-order valence-electron chi connectivity index (χ1n) is 7.49. The van der Waals surface area contributed by atoms with Crippen molar-refractivity contribution in [3.63, 3.8) is 0 Å². The molecule has 0 saturated heterocycles. The highest BCUT2D eigenvalue weighted by atomic mass is 32.2. The molecule has 0 aromatic carbocycles. The zero-order valence-electron chi connectivity index (χ0n) is 15.0. The average Bonchev–Trinajstić information content (AvgIpc) is 2.39. The fraction of sp³-hybridized carbons (Fsp3) is 0.625. The Kier molecular flexibility index (Phi) is 6.56. The molecular weight excluding hydrogens is 312 g/mol. The standard InChI is InChI=1S/C16H26N4O2S/c1-10-11(2)17-15(18-12(10)3)23-9-14(22)20(7)8-13(21)19-16(4,5)6/h8-9H2,1-7H3,(H,19,21). The van der Waals surface area contributed by atoms with Crippen molar-refractivity contribution >= 4 is 23.6 Å². The molecular formula is C16H26N4O2S. The van der Waals surface area contributed by atoms with Crippen LogP contribution in [-0.4, -0.2) is 51.6 Å². The lowest BCUT2D eigenvalue weighted by Gasteiger charge is -2.23. The van der Waals surface area contributed by atoms with E-state index >= 15 is 0 Å². The molecule has 1 N–H and O–H groups in total. The number of carbonyl (C=O) groups is 2. The molecule has 128 valence electrons. The maximum Gasteiger partial charge on any atom is 0.240 e. The number of thioether (sulfide) groups is 1. The quantitative estimate of drug-likeness (QED) is 0.655. The molecule has 0 unspecified atom stereocenters. The van der Waals surface area contributed by atoms with E-state index in [1.54, 1.807) is 7.05 Å². The number of nitrogens with zero attached hydrogens (tertiary/aromatic N) is 3. The van der Waals surface area contributed by atoms with Gasteiger partial charge in [-0.15, -0.1) is 0 Å². The van der Waals surface area contributed by atoms with Crippen LogP contribution in [0.4, 0.5) is 0 Å². The molecule has 0 radical (unpaired) electrons. The predicted octanol–water partition coefficient (Wildman–Crippen LogP) is 1.87. The fourth-order valence-electron chi connectivity index (χ4n) is 1.80. The largest absolute Gasteiger partial charge is 0.350 e. The third kappa shape index (κ3) is 6.56. The number of likely N-dealkylation sites (N-methyl/N-ethyl adjacent to an activating group) is 1. The second kappa shape index (κ2) is 7.77. The van der Waals surface area contributed by atoms with E-state index in [0.29, 0.717) is 5.16 Å². The molecule has 0 aliphatic rings. The SMILES string of the molecule is Cc1nc(SCC(=O)N(C)CC(=O)NC(C)(C)C)nc(C)c1C. The van der Waals surface area contributed by atoms with Gasteiger partial charge in [0.05, 0.1) is 12.3 Å². The van der Waals surface area contributed by atoms with E-state index in [-0.39, 0.29) is 29.7 Å². The molecule has 0 fully saturated rings. The molecule has 1 rings (SSSR count). The highest BCUT2D eigenvalue weighted by molar-refractivity contribution is 7.99. The van der Waals surface area contributed by atoms with Gasteiger partial charge in [0.25, 0.3) is 0 Å². The minimum Gasteiger partial charge on any atom is -0.350 e. The molecule has 0 atom stereocenters. The zero-order valence-corrected chi connectivity index (χ0v) is 15.8. The van der Waals surface area contributed by atoms with Gasteiger partial charge in [-0.3, -0.25) is 9.59 Å². The number of amides is 2. The first kappa shape index (κ1) is 19.4. The maximum atomic E-state index is 12.1. The summed E-state index contributed by atoms with van der Waals surface area (Å²) in [5.74, 6) is -0.0866. The van der Waals surface area contributed by atoms with Crippen molar-refractivity contribution < 1.29 is 9.59 Å². The van der Waals surface area contributed by atoms with E-state index in [0.717, 1.165) is 17.0 Å². The van der Waals surface area contributed by atoms with Crippen LogP contribution in [0.5, 0.6) is 0 Å². The first-order chi connectivity index (χ1) is 10.5. The van der Waals surface area contributed by atoms with Crippen LogP contribution in [0.3, 0.4) is 0 Å². The van der Waals surface area contributed by atoms with Crippen LogP contribution in [0.1, 0.15) is 37.7 Å². The Bertz CT molecular complexity index is 573. The number of hydrogen-bond donors (Lipinski definition) is 1.